The quantitative estimate of drug-likeness (QED) is 0.828. The maximum absolute atomic E-state index is 12.5. The number of nitrogens with zero attached hydrogens (tertiary/aromatic N) is 1. The van der Waals surface area contributed by atoms with Gasteiger partial charge < -0.3 is 19.5 Å². The second kappa shape index (κ2) is 7.02. The third-order valence-corrected chi connectivity index (χ3v) is 6.33. The summed E-state index contributed by atoms with van der Waals surface area (Å²) in [5, 5.41) is 2.97. The lowest BCUT2D eigenvalue weighted by molar-refractivity contribution is -0.290. The average molecular weight is 394 g/mol. The lowest BCUT2D eigenvalue weighted by Crippen LogP contribution is -2.51. The van der Waals surface area contributed by atoms with E-state index in [2.05, 4.69) is 17.2 Å². The van der Waals surface area contributed by atoms with Gasteiger partial charge >= 0.3 is 0 Å². The van der Waals surface area contributed by atoms with Crippen molar-refractivity contribution in [2.24, 2.45) is 16.8 Å². The topological polar surface area (TPSA) is 69.2 Å². The number of amides is 1. The largest absolute Gasteiger partial charge is 0.449 e. The van der Waals surface area contributed by atoms with Gasteiger partial charge in [0.05, 0.1) is 0 Å². The van der Waals surface area contributed by atoms with Crippen molar-refractivity contribution in [1.82, 2.24) is 5.32 Å². The summed E-state index contributed by atoms with van der Waals surface area (Å²) in [5.74, 6) is 2.94. The number of ether oxygens (including phenoxy) is 3. The first-order valence-corrected chi connectivity index (χ1v) is 10.3. The molecule has 0 saturated carbocycles. The van der Waals surface area contributed by atoms with E-state index in [1.54, 1.807) is 0 Å². The number of amidine groups is 1. The highest BCUT2D eigenvalue weighted by Crippen LogP contribution is 2.48. The Hall–Kier alpha value is -2.60. The van der Waals surface area contributed by atoms with Crippen LogP contribution in [0, 0.1) is 18.8 Å². The molecule has 4 aliphatic rings. The zero-order chi connectivity index (χ0) is 20.0. The number of carbonyl (C=O) groups is 1. The van der Waals surface area contributed by atoms with Crippen molar-refractivity contribution in [2.45, 2.75) is 45.3 Å². The Morgan fingerprint density at radius 1 is 1.14 bits per heavy atom. The van der Waals surface area contributed by atoms with Crippen molar-refractivity contribution in [3.8, 4) is 0 Å². The van der Waals surface area contributed by atoms with Crippen LogP contribution in [-0.4, -0.2) is 30.7 Å². The molecule has 29 heavy (non-hydrogen) atoms. The van der Waals surface area contributed by atoms with Gasteiger partial charge in [-0.15, -0.1) is 0 Å². The molecule has 1 aromatic carbocycles. The maximum atomic E-state index is 12.5. The van der Waals surface area contributed by atoms with Crippen molar-refractivity contribution < 1.29 is 19.0 Å². The molecule has 6 heteroatoms. The third-order valence-electron chi connectivity index (χ3n) is 6.33. The highest BCUT2D eigenvalue weighted by atomic mass is 16.8. The van der Waals surface area contributed by atoms with Crippen LogP contribution >= 0.6 is 0 Å². The molecule has 0 bridgehead atoms. The molecule has 3 heterocycles. The van der Waals surface area contributed by atoms with E-state index in [-0.39, 0.29) is 5.91 Å². The van der Waals surface area contributed by atoms with Gasteiger partial charge in [0.25, 0.3) is 11.7 Å². The molecule has 3 aliphatic heterocycles. The van der Waals surface area contributed by atoms with E-state index in [0.29, 0.717) is 30.6 Å². The van der Waals surface area contributed by atoms with E-state index in [1.807, 2.05) is 37.4 Å². The van der Waals surface area contributed by atoms with Gasteiger partial charge in [0.15, 0.2) is 0 Å². The average Bonchev–Trinajstić information content (AvgIpc) is 3.07. The fourth-order valence-electron chi connectivity index (χ4n) is 4.57. The summed E-state index contributed by atoms with van der Waals surface area (Å²) in [5.41, 5.74) is 2.98. The molecule has 2 atom stereocenters. The molecular weight excluding hydrogens is 368 g/mol. The van der Waals surface area contributed by atoms with Crippen molar-refractivity contribution in [1.29, 1.82) is 0 Å². The molecule has 1 amide bonds. The van der Waals surface area contributed by atoms with Crippen LogP contribution in [-0.2, 0) is 14.2 Å². The van der Waals surface area contributed by atoms with Crippen molar-refractivity contribution in [3.05, 3.63) is 58.7 Å². The van der Waals surface area contributed by atoms with Crippen LogP contribution < -0.4 is 5.32 Å². The summed E-state index contributed by atoms with van der Waals surface area (Å²) in [4.78, 5) is 17.1. The van der Waals surface area contributed by atoms with E-state index < -0.39 is 5.79 Å². The van der Waals surface area contributed by atoms with Crippen LogP contribution in [0.3, 0.4) is 0 Å². The van der Waals surface area contributed by atoms with E-state index >= 15 is 0 Å². The van der Waals surface area contributed by atoms with Gasteiger partial charge in [0, 0.05) is 31.0 Å². The Bertz CT molecular complexity index is 942. The summed E-state index contributed by atoms with van der Waals surface area (Å²) in [6.45, 7) is 5.23. The smallest absolute Gasteiger partial charge is 0.297 e. The van der Waals surface area contributed by atoms with Crippen LogP contribution in [0.2, 0.25) is 0 Å². The van der Waals surface area contributed by atoms with Gasteiger partial charge in [0.1, 0.15) is 30.6 Å². The monoisotopic (exact) mass is 394 g/mol. The van der Waals surface area contributed by atoms with Gasteiger partial charge in [-0.2, -0.15) is 0 Å². The molecule has 6 nitrogen and oxygen atoms in total. The molecule has 1 aromatic rings. The summed E-state index contributed by atoms with van der Waals surface area (Å²) in [7, 11) is 0. The highest BCUT2D eigenvalue weighted by molar-refractivity contribution is 6.07. The van der Waals surface area contributed by atoms with Gasteiger partial charge in [-0.05, 0) is 42.4 Å². The third kappa shape index (κ3) is 3.35. The summed E-state index contributed by atoms with van der Waals surface area (Å²) in [6, 6.07) is 7.60. The number of aliphatic imine (C=N–C) groups is 1. The minimum absolute atomic E-state index is 0.0935. The van der Waals surface area contributed by atoms with Crippen molar-refractivity contribution >= 4 is 11.7 Å². The second-order valence-corrected chi connectivity index (χ2v) is 8.49. The standard InChI is InChI=1S/C23H26N2O4/c1-14-5-3-4-6-17(14)22(26)25-21-8-7-16(11-24-21)18-10-20-19(9-15(18)2)28-23(29-20)12-27-13-23/h3-6,11,15,18H,7-10,12-13H2,1-2H3,(H,24,25,26). The van der Waals surface area contributed by atoms with E-state index in [4.69, 9.17) is 14.2 Å². The van der Waals surface area contributed by atoms with Crippen molar-refractivity contribution in [3.63, 3.8) is 0 Å². The molecule has 1 N–H and O–H groups in total. The number of hydrogen-bond acceptors (Lipinski definition) is 5. The van der Waals surface area contributed by atoms with Crippen LogP contribution in [0.1, 0.15) is 48.5 Å². The van der Waals surface area contributed by atoms with Crippen LogP contribution in [0.4, 0.5) is 0 Å². The number of carbonyl (C=O) groups excluding carboxylic acids is 1. The number of nitrogens with one attached hydrogen (secondary N) is 1. The fraction of sp³-hybridized carbons (Fsp3) is 0.478. The lowest BCUT2D eigenvalue weighted by atomic mass is 9.76. The predicted octanol–water partition coefficient (Wildman–Crippen LogP) is 3.83. The van der Waals surface area contributed by atoms with E-state index in [0.717, 1.165) is 48.6 Å². The van der Waals surface area contributed by atoms with Gasteiger partial charge in [0.2, 0.25) is 0 Å². The second-order valence-electron chi connectivity index (χ2n) is 8.49. The number of benzene rings is 1. The lowest BCUT2D eigenvalue weighted by Gasteiger charge is -2.35. The molecule has 5 rings (SSSR count). The Morgan fingerprint density at radius 2 is 1.90 bits per heavy atom. The predicted molar refractivity (Wildman–Crippen MR) is 108 cm³/mol. The molecule has 1 saturated heterocycles. The maximum Gasteiger partial charge on any atom is 0.297 e. The number of hydrogen-bond donors (Lipinski definition) is 1. The van der Waals surface area contributed by atoms with Crippen LogP contribution in [0.15, 0.2) is 52.5 Å². The minimum atomic E-state index is -0.550. The van der Waals surface area contributed by atoms with Gasteiger partial charge in [-0.25, -0.2) is 4.99 Å². The van der Waals surface area contributed by atoms with E-state index in [9.17, 15) is 4.79 Å². The first-order valence-electron chi connectivity index (χ1n) is 10.3. The van der Waals surface area contributed by atoms with E-state index in [1.165, 1.54) is 5.57 Å². The number of aryl methyl sites for hydroxylation is 1. The van der Waals surface area contributed by atoms with Crippen LogP contribution in [0.25, 0.3) is 0 Å². The zero-order valence-electron chi connectivity index (χ0n) is 16.9. The summed E-state index contributed by atoms with van der Waals surface area (Å²) >= 11 is 0. The Labute approximate surface area is 170 Å². The molecule has 1 fully saturated rings. The molecule has 0 aromatic heterocycles. The normalized spacial score (nSPS) is 27.2. The molecule has 0 radical (unpaired) electrons. The Balaban J connectivity index is 1.26. The van der Waals surface area contributed by atoms with Crippen molar-refractivity contribution in [2.75, 3.05) is 13.2 Å². The summed E-state index contributed by atoms with van der Waals surface area (Å²) in [6.07, 6.45) is 5.33. The molecular formula is C23H26N2O4. The van der Waals surface area contributed by atoms with Gasteiger partial charge in [-0.1, -0.05) is 25.1 Å². The first kappa shape index (κ1) is 18.4. The summed E-state index contributed by atoms with van der Waals surface area (Å²) < 4.78 is 17.4. The molecule has 1 spiro atoms. The highest BCUT2D eigenvalue weighted by Gasteiger charge is 2.52. The number of rotatable bonds is 2. The minimum Gasteiger partial charge on any atom is -0.449 e. The Kier molecular flexibility index (Phi) is 4.46. The van der Waals surface area contributed by atoms with Gasteiger partial charge in [-0.3, -0.25) is 4.79 Å². The first-order chi connectivity index (χ1) is 14.0. The zero-order valence-corrected chi connectivity index (χ0v) is 16.9. The fourth-order valence-corrected chi connectivity index (χ4v) is 4.57. The molecule has 152 valence electrons. The molecule has 1 aliphatic carbocycles. The van der Waals surface area contributed by atoms with Crippen LogP contribution in [0.5, 0.6) is 0 Å². The Morgan fingerprint density at radius 3 is 2.55 bits per heavy atom. The number of allylic oxidation sites excluding steroid dienone is 3. The SMILES string of the molecule is Cc1ccccc1C(=O)NC1=NC=C(C2CC3=C(CC2C)OC2(COC2)O3)CC1. The molecule has 2 unspecified atom stereocenters.